The molecule has 0 fully saturated rings. The Morgan fingerprint density at radius 3 is 2.87 bits per heavy atom. The summed E-state index contributed by atoms with van der Waals surface area (Å²) in [6, 6.07) is 13.4. The van der Waals surface area contributed by atoms with E-state index in [-0.39, 0.29) is 12.4 Å². The summed E-state index contributed by atoms with van der Waals surface area (Å²) in [6.07, 6.45) is 1.85. The molecule has 0 radical (unpaired) electrons. The molecule has 1 aromatic heterocycles. The fraction of sp³-hybridized carbons (Fsp3) is 0.167. The molecule has 0 unspecified atom stereocenters. The Labute approximate surface area is 142 Å². The maximum absolute atomic E-state index is 11.5. The van der Waals surface area contributed by atoms with Gasteiger partial charge in [0.15, 0.2) is 0 Å². The van der Waals surface area contributed by atoms with Crippen LogP contribution >= 0.6 is 15.9 Å². The van der Waals surface area contributed by atoms with Gasteiger partial charge in [-0.1, -0.05) is 18.2 Å². The van der Waals surface area contributed by atoms with E-state index in [0.717, 1.165) is 26.6 Å². The van der Waals surface area contributed by atoms with Crippen LogP contribution in [0.4, 0.5) is 0 Å². The lowest BCUT2D eigenvalue weighted by Crippen LogP contribution is -2.06. The lowest BCUT2D eigenvalue weighted by molar-refractivity contribution is -0.139. The van der Waals surface area contributed by atoms with E-state index in [1.165, 1.54) is 7.11 Å². The maximum Gasteiger partial charge on any atom is 0.310 e. The molecular formula is C18H15BrO4. The molecule has 23 heavy (non-hydrogen) atoms. The Morgan fingerprint density at radius 2 is 2.04 bits per heavy atom. The molecule has 0 aliphatic carbocycles. The summed E-state index contributed by atoms with van der Waals surface area (Å²) in [5, 5.41) is 1.01. The molecule has 0 aliphatic heterocycles. The van der Waals surface area contributed by atoms with Crippen LogP contribution in [0.25, 0.3) is 11.0 Å². The highest BCUT2D eigenvalue weighted by Crippen LogP contribution is 2.28. The van der Waals surface area contributed by atoms with Gasteiger partial charge < -0.3 is 13.9 Å². The maximum atomic E-state index is 11.5. The second-order valence-electron chi connectivity index (χ2n) is 5.07. The van der Waals surface area contributed by atoms with E-state index < -0.39 is 0 Å². The topological polar surface area (TPSA) is 48.7 Å². The standard InChI is InChI=1S/C18H15BrO4/c1-21-17(20)10-13-4-2-3-5-16(13)23-11-12-8-14-6-7-22-18(14)15(19)9-12/h2-9H,10-11H2,1H3. The zero-order chi connectivity index (χ0) is 16.2. The van der Waals surface area contributed by atoms with E-state index >= 15 is 0 Å². The third-order valence-electron chi connectivity index (χ3n) is 3.50. The molecule has 0 atom stereocenters. The van der Waals surface area contributed by atoms with Crippen LogP contribution in [0.3, 0.4) is 0 Å². The molecule has 0 saturated heterocycles. The summed E-state index contributed by atoms with van der Waals surface area (Å²) >= 11 is 3.50. The largest absolute Gasteiger partial charge is 0.489 e. The molecule has 5 heteroatoms. The van der Waals surface area contributed by atoms with Crippen molar-refractivity contribution in [1.82, 2.24) is 0 Å². The molecule has 118 valence electrons. The number of carbonyl (C=O) groups excluding carboxylic acids is 1. The Balaban J connectivity index is 1.78. The van der Waals surface area contributed by atoms with Crippen LogP contribution in [-0.2, 0) is 22.6 Å². The van der Waals surface area contributed by atoms with Gasteiger partial charge in [-0.3, -0.25) is 4.79 Å². The van der Waals surface area contributed by atoms with Crippen LogP contribution < -0.4 is 4.74 Å². The molecular weight excluding hydrogens is 360 g/mol. The second kappa shape index (κ2) is 6.87. The number of esters is 1. The van der Waals surface area contributed by atoms with Crippen molar-refractivity contribution >= 4 is 32.9 Å². The fourth-order valence-corrected chi connectivity index (χ4v) is 2.98. The van der Waals surface area contributed by atoms with Crippen molar-refractivity contribution in [3.05, 3.63) is 64.3 Å². The molecule has 3 rings (SSSR count). The number of halogens is 1. The minimum atomic E-state index is -0.288. The van der Waals surface area contributed by atoms with Gasteiger partial charge >= 0.3 is 5.97 Å². The number of furan rings is 1. The molecule has 3 aromatic rings. The van der Waals surface area contributed by atoms with Gasteiger partial charge in [-0.15, -0.1) is 0 Å². The molecule has 0 bridgehead atoms. The van der Waals surface area contributed by atoms with Crippen molar-refractivity contribution in [3.63, 3.8) is 0 Å². The van der Waals surface area contributed by atoms with Crippen molar-refractivity contribution in [3.8, 4) is 5.75 Å². The van der Waals surface area contributed by atoms with Gasteiger partial charge in [0.2, 0.25) is 0 Å². The highest BCUT2D eigenvalue weighted by Gasteiger charge is 2.10. The first-order chi connectivity index (χ1) is 11.2. The highest BCUT2D eigenvalue weighted by atomic mass is 79.9. The quantitative estimate of drug-likeness (QED) is 0.617. The number of fused-ring (bicyclic) bond motifs is 1. The number of carbonyl (C=O) groups is 1. The minimum absolute atomic E-state index is 0.192. The zero-order valence-corrected chi connectivity index (χ0v) is 14.1. The average molecular weight is 375 g/mol. The lowest BCUT2D eigenvalue weighted by Gasteiger charge is -2.11. The van der Waals surface area contributed by atoms with Crippen LogP contribution in [0, 0.1) is 0 Å². The summed E-state index contributed by atoms with van der Waals surface area (Å²) in [5.74, 6) is 0.393. The summed E-state index contributed by atoms with van der Waals surface area (Å²) in [5.41, 5.74) is 2.64. The van der Waals surface area contributed by atoms with Crippen molar-refractivity contribution in [2.24, 2.45) is 0 Å². The highest BCUT2D eigenvalue weighted by molar-refractivity contribution is 9.10. The van der Waals surface area contributed by atoms with Crippen LogP contribution in [-0.4, -0.2) is 13.1 Å². The monoisotopic (exact) mass is 374 g/mol. The van der Waals surface area contributed by atoms with Gasteiger partial charge in [-0.05, 0) is 45.8 Å². The Morgan fingerprint density at radius 1 is 1.22 bits per heavy atom. The van der Waals surface area contributed by atoms with E-state index in [1.54, 1.807) is 6.26 Å². The molecule has 0 saturated carbocycles. The molecule has 4 nitrogen and oxygen atoms in total. The SMILES string of the molecule is COC(=O)Cc1ccccc1OCc1cc(Br)c2occc2c1. The van der Waals surface area contributed by atoms with Gasteiger partial charge in [-0.2, -0.15) is 0 Å². The zero-order valence-electron chi connectivity index (χ0n) is 12.5. The first kappa shape index (κ1) is 15.6. The number of para-hydroxylation sites is 1. The fourth-order valence-electron chi connectivity index (χ4n) is 2.36. The molecule has 0 aliphatic rings. The number of hydrogen-bond acceptors (Lipinski definition) is 4. The van der Waals surface area contributed by atoms with Crippen molar-refractivity contribution in [2.45, 2.75) is 13.0 Å². The van der Waals surface area contributed by atoms with E-state index in [9.17, 15) is 4.79 Å². The van der Waals surface area contributed by atoms with Gasteiger partial charge in [0.25, 0.3) is 0 Å². The third-order valence-corrected chi connectivity index (χ3v) is 4.08. The molecule has 1 heterocycles. The van der Waals surface area contributed by atoms with E-state index in [2.05, 4.69) is 15.9 Å². The van der Waals surface area contributed by atoms with E-state index in [1.807, 2.05) is 42.5 Å². The van der Waals surface area contributed by atoms with Crippen LogP contribution in [0.5, 0.6) is 5.75 Å². The summed E-state index contributed by atoms with van der Waals surface area (Å²) < 4.78 is 16.9. The van der Waals surface area contributed by atoms with Crippen LogP contribution in [0.15, 0.2) is 57.6 Å². The number of hydrogen-bond donors (Lipinski definition) is 0. The Bertz CT molecular complexity index is 838. The van der Waals surface area contributed by atoms with E-state index in [0.29, 0.717) is 12.4 Å². The lowest BCUT2D eigenvalue weighted by atomic mass is 10.1. The minimum Gasteiger partial charge on any atom is -0.489 e. The van der Waals surface area contributed by atoms with Crippen molar-refractivity contribution in [2.75, 3.05) is 7.11 Å². The van der Waals surface area contributed by atoms with Gasteiger partial charge in [0.1, 0.15) is 17.9 Å². The molecule has 0 amide bonds. The number of methoxy groups -OCH3 is 1. The van der Waals surface area contributed by atoms with Gasteiger partial charge in [0, 0.05) is 10.9 Å². The summed E-state index contributed by atoms with van der Waals surface area (Å²) in [7, 11) is 1.38. The number of benzene rings is 2. The van der Waals surface area contributed by atoms with Gasteiger partial charge in [-0.25, -0.2) is 0 Å². The Kier molecular flexibility index (Phi) is 4.67. The van der Waals surface area contributed by atoms with Crippen LogP contribution in [0.1, 0.15) is 11.1 Å². The summed E-state index contributed by atoms with van der Waals surface area (Å²) in [6.45, 7) is 0.401. The first-order valence-electron chi connectivity index (χ1n) is 7.10. The normalized spacial score (nSPS) is 10.7. The van der Waals surface area contributed by atoms with Crippen molar-refractivity contribution in [1.29, 1.82) is 0 Å². The molecule has 2 aromatic carbocycles. The predicted molar refractivity (Wildman–Crippen MR) is 90.4 cm³/mol. The third kappa shape index (κ3) is 3.56. The van der Waals surface area contributed by atoms with Crippen LogP contribution in [0.2, 0.25) is 0 Å². The second-order valence-corrected chi connectivity index (χ2v) is 5.92. The molecule has 0 N–H and O–H groups in total. The smallest absolute Gasteiger partial charge is 0.310 e. The van der Waals surface area contributed by atoms with E-state index in [4.69, 9.17) is 13.9 Å². The first-order valence-corrected chi connectivity index (χ1v) is 7.90. The average Bonchev–Trinajstić information content (AvgIpc) is 3.03. The Hall–Kier alpha value is -2.27. The number of ether oxygens (including phenoxy) is 2. The summed E-state index contributed by atoms with van der Waals surface area (Å²) in [4.78, 5) is 11.5. The molecule has 0 spiro atoms. The predicted octanol–water partition coefficient (Wildman–Crippen LogP) is 4.49. The van der Waals surface area contributed by atoms with Crippen molar-refractivity contribution < 1.29 is 18.7 Å². The number of rotatable bonds is 5. The van der Waals surface area contributed by atoms with Gasteiger partial charge in [0.05, 0.1) is 24.3 Å².